The van der Waals surface area contributed by atoms with Gasteiger partial charge in [-0.1, -0.05) is 29.3 Å². The lowest BCUT2D eigenvalue weighted by atomic mass is 10.2. The van der Waals surface area contributed by atoms with Crippen LogP contribution in [-0.2, 0) is 14.8 Å². The maximum atomic E-state index is 12.7. The second-order valence-corrected chi connectivity index (χ2v) is 9.49. The summed E-state index contributed by atoms with van der Waals surface area (Å²) in [5, 5.41) is 3.26. The van der Waals surface area contributed by atoms with Crippen molar-refractivity contribution in [1.82, 2.24) is 14.5 Å². The monoisotopic (exact) mass is 449 g/mol. The summed E-state index contributed by atoms with van der Waals surface area (Å²) in [6, 6.07) is 13.2. The fourth-order valence-electron chi connectivity index (χ4n) is 3.18. The van der Waals surface area contributed by atoms with E-state index in [4.69, 9.17) is 11.6 Å². The number of piperazine rings is 1. The fraction of sp³-hybridized carbons (Fsp3) is 0.333. The topological polar surface area (TPSA) is 86.8 Å². The van der Waals surface area contributed by atoms with Crippen LogP contribution in [-0.4, -0.2) is 62.2 Å². The van der Waals surface area contributed by atoms with Gasteiger partial charge in [-0.3, -0.25) is 9.59 Å². The Kier molecular flexibility index (Phi) is 7.12. The van der Waals surface area contributed by atoms with Gasteiger partial charge in [0.25, 0.3) is 5.91 Å². The average molecular weight is 450 g/mol. The highest BCUT2D eigenvalue weighted by Gasteiger charge is 2.29. The molecular weight excluding hydrogens is 426 g/mol. The minimum absolute atomic E-state index is 0.112. The third kappa shape index (κ3) is 5.38. The second kappa shape index (κ2) is 9.59. The number of rotatable bonds is 6. The van der Waals surface area contributed by atoms with Gasteiger partial charge in [-0.05, 0) is 43.3 Å². The number of hydrogen-bond donors (Lipinski definition) is 1. The van der Waals surface area contributed by atoms with Gasteiger partial charge in [0.1, 0.15) is 0 Å². The van der Waals surface area contributed by atoms with Crippen LogP contribution in [0.1, 0.15) is 22.3 Å². The van der Waals surface area contributed by atoms with Crippen molar-refractivity contribution in [2.24, 2.45) is 0 Å². The van der Waals surface area contributed by atoms with Crippen LogP contribution in [0.5, 0.6) is 0 Å². The lowest BCUT2D eigenvalue weighted by Crippen LogP contribution is -2.50. The standard InChI is InChI=1S/C21H24ClN3O4S/c1-16-2-8-19(9-3-16)30(28,29)25-14-12-24(13-15-25)20(26)10-11-23-21(27)17-4-6-18(22)7-5-17/h2-9H,10-15H2,1H3,(H,23,27). The Hall–Kier alpha value is -2.42. The van der Waals surface area contributed by atoms with E-state index in [1.807, 2.05) is 6.92 Å². The Labute approximate surface area is 181 Å². The number of benzene rings is 2. The molecule has 7 nitrogen and oxygen atoms in total. The summed E-state index contributed by atoms with van der Waals surface area (Å²) < 4.78 is 26.9. The molecule has 0 saturated carbocycles. The SMILES string of the molecule is Cc1ccc(S(=O)(=O)N2CCN(C(=O)CCNC(=O)c3ccc(Cl)cc3)CC2)cc1. The number of halogens is 1. The van der Waals surface area contributed by atoms with Gasteiger partial charge in [0.15, 0.2) is 0 Å². The molecule has 0 bridgehead atoms. The molecule has 2 aromatic carbocycles. The van der Waals surface area contributed by atoms with Gasteiger partial charge in [-0.15, -0.1) is 0 Å². The number of nitrogens with one attached hydrogen (secondary N) is 1. The van der Waals surface area contributed by atoms with Crippen molar-refractivity contribution in [1.29, 1.82) is 0 Å². The molecule has 1 aliphatic rings. The highest BCUT2D eigenvalue weighted by atomic mass is 35.5. The van der Waals surface area contributed by atoms with Crippen LogP contribution in [0.25, 0.3) is 0 Å². The van der Waals surface area contributed by atoms with Crippen molar-refractivity contribution in [3.8, 4) is 0 Å². The molecule has 2 amide bonds. The summed E-state index contributed by atoms with van der Waals surface area (Å²) in [5.74, 6) is -0.382. The maximum absolute atomic E-state index is 12.7. The van der Waals surface area contributed by atoms with E-state index < -0.39 is 10.0 Å². The number of carbonyl (C=O) groups excluding carboxylic acids is 2. The van der Waals surface area contributed by atoms with E-state index >= 15 is 0 Å². The van der Waals surface area contributed by atoms with Crippen LogP contribution < -0.4 is 5.32 Å². The number of amides is 2. The first kappa shape index (κ1) is 22.3. The molecule has 1 saturated heterocycles. The lowest BCUT2D eigenvalue weighted by molar-refractivity contribution is -0.132. The van der Waals surface area contributed by atoms with Crippen LogP contribution >= 0.6 is 11.6 Å². The highest BCUT2D eigenvalue weighted by molar-refractivity contribution is 7.89. The zero-order chi connectivity index (χ0) is 21.7. The molecule has 2 aromatic rings. The minimum Gasteiger partial charge on any atom is -0.352 e. The quantitative estimate of drug-likeness (QED) is 0.733. The summed E-state index contributed by atoms with van der Waals surface area (Å²) in [7, 11) is -3.56. The molecule has 1 N–H and O–H groups in total. The van der Waals surface area contributed by atoms with Crippen molar-refractivity contribution < 1.29 is 18.0 Å². The van der Waals surface area contributed by atoms with Crippen LogP contribution in [0.2, 0.25) is 5.02 Å². The van der Waals surface area contributed by atoms with E-state index in [9.17, 15) is 18.0 Å². The Morgan fingerprint density at radius 2 is 1.57 bits per heavy atom. The van der Waals surface area contributed by atoms with Crippen LogP contribution in [0.4, 0.5) is 0 Å². The third-order valence-corrected chi connectivity index (χ3v) is 7.15. The maximum Gasteiger partial charge on any atom is 0.251 e. The van der Waals surface area contributed by atoms with E-state index in [2.05, 4.69) is 5.32 Å². The summed E-state index contributed by atoms with van der Waals surface area (Å²) in [6.07, 6.45) is 0.157. The summed E-state index contributed by atoms with van der Waals surface area (Å²) in [6.45, 7) is 3.27. The normalized spacial score (nSPS) is 15.1. The highest BCUT2D eigenvalue weighted by Crippen LogP contribution is 2.18. The molecule has 0 atom stereocenters. The summed E-state index contributed by atoms with van der Waals surface area (Å²) in [5.41, 5.74) is 1.47. The Bertz CT molecular complexity index is 1000. The Morgan fingerprint density at radius 1 is 0.967 bits per heavy atom. The zero-order valence-corrected chi connectivity index (χ0v) is 18.2. The van der Waals surface area contributed by atoms with Crippen molar-refractivity contribution in [3.63, 3.8) is 0 Å². The van der Waals surface area contributed by atoms with Crippen molar-refractivity contribution in [2.75, 3.05) is 32.7 Å². The largest absolute Gasteiger partial charge is 0.352 e. The molecule has 0 radical (unpaired) electrons. The number of hydrogen-bond acceptors (Lipinski definition) is 4. The van der Waals surface area contributed by atoms with E-state index in [1.54, 1.807) is 53.4 Å². The predicted molar refractivity (Wildman–Crippen MR) is 115 cm³/mol. The third-order valence-electron chi connectivity index (χ3n) is 4.98. The summed E-state index contributed by atoms with van der Waals surface area (Å²) in [4.78, 5) is 26.4. The first-order valence-corrected chi connectivity index (χ1v) is 11.5. The number of nitrogens with zero attached hydrogens (tertiary/aromatic N) is 2. The summed E-state index contributed by atoms with van der Waals surface area (Å²) >= 11 is 5.80. The first-order valence-electron chi connectivity index (χ1n) is 9.66. The van der Waals surface area contributed by atoms with Crippen molar-refractivity contribution >= 4 is 33.4 Å². The molecule has 1 aliphatic heterocycles. The van der Waals surface area contributed by atoms with Crippen molar-refractivity contribution in [3.05, 3.63) is 64.7 Å². The van der Waals surface area contributed by atoms with Gasteiger partial charge in [0, 0.05) is 49.7 Å². The first-order chi connectivity index (χ1) is 14.3. The van der Waals surface area contributed by atoms with Crippen LogP contribution in [0.3, 0.4) is 0 Å². The molecule has 0 unspecified atom stereocenters. The molecule has 0 aliphatic carbocycles. The van der Waals surface area contributed by atoms with E-state index in [1.165, 1.54) is 4.31 Å². The van der Waals surface area contributed by atoms with Gasteiger partial charge >= 0.3 is 0 Å². The Balaban J connectivity index is 1.46. The van der Waals surface area contributed by atoms with Crippen molar-refractivity contribution in [2.45, 2.75) is 18.2 Å². The zero-order valence-electron chi connectivity index (χ0n) is 16.7. The number of carbonyl (C=O) groups is 2. The average Bonchev–Trinajstić information content (AvgIpc) is 2.74. The predicted octanol–water partition coefficient (Wildman–Crippen LogP) is 2.30. The van der Waals surface area contributed by atoms with Gasteiger partial charge < -0.3 is 10.2 Å². The van der Waals surface area contributed by atoms with Crippen LogP contribution in [0.15, 0.2) is 53.4 Å². The molecule has 3 rings (SSSR count). The second-order valence-electron chi connectivity index (χ2n) is 7.11. The molecule has 1 heterocycles. The molecule has 160 valence electrons. The fourth-order valence-corrected chi connectivity index (χ4v) is 4.73. The molecule has 1 fully saturated rings. The van der Waals surface area contributed by atoms with E-state index in [-0.39, 0.29) is 42.8 Å². The number of sulfonamides is 1. The molecule has 0 aromatic heterocycles. The van der Waals surface area contributed by atoms with Gasteiger partial charge in [0.2, 0.25) is 15.9 Å². The number of aryl methyl sites for hydroxylation is 1. The van der Waals surface area contributed by atoms with E-state index in [0.29, 0.717) is 23.7 Å². The minimum atomic E-state index is -3.56. The Morgan fingerprint density at radius 3 is 2.17 bits per heavy atom. The van der Waals surface area contributed by atoms with Gasteiger partial charge in [-0.2, -0.15) is 4.31 Å². The molecule has 0 spiro atoms. The van der Waals surface area contributed by atoms with Crippen LogP contribution in [0, 0.1) is 6.92 Å². The van der Waals surface area contributed by atoms with Gasteiger partial charge in [-0.25, -0.2) is 8.42 Å². The van der Waals surface area contributed by atoms with Gasteiger partial charge in [0.05, 0.1) is 4.90 Å². The van der Waals surface area contributed by atoms with E-state index in [0.717, 1.165) is 5.56 Å². The lowest BCUT2D eigenvalue weighted by Gasteiger charge is -2.34. The molecule has 9 heteroatoms. The molecule has 30 heavy (non-hydrogen) atoms. The molecular formula is C21H24ClN3O4S. The smallest absolute Gasteiger partial charge is 0.251 e.